The van der Waals surface area contributed by atoms with Gasteiger partial charge in [-0.05, 0) is 61.9 Å². The third-order valence-electron chi connectivity index (χ3n) is 5.40. The standard InChI is InChI=1S/C18H30N2/c1-5-18(4)9-11-20(12-10-18)16(13-19)17-14(2)7-6-8-15(17)3/h6-8,16H,5,9-13,19H2,1-4H3. The summed E-state index contributed by atoms with van der Waals surface area (Å²) < 4.78 is 0. The SMILES string of the molecule is CCC1(C)CCN(C(CN)c2c(C)cccc2C)CC1. The Morgan fingerprint density at radius 1 is 1.20 bits per heavy atom. The highest BCUT2D eigenvalue weighted by Crippen LogP contribution is 2.37. The van der Waals surface area contributed by atoms with Crippen LogP contribution in [0.25, 0.3) is 0 Å². The van der Waals surface area contributed by atoms with E-state index in [-0.39, 0.29) is 0 Å². The molecule has 2 N–H and O–H groups in total. The monoisotopic (exact) mass is 274 g/mol. The van der Waals surface area contributed by atoms with Crippen LogP contribution in [0, 0.1) is 19.3 Å². The van der Waals surface area contributed by atoms with Gasteiger partial charge in [-0.15, -0.1) is 0 Å². The summed E-state index contributed by atoms with van der Waals surface area (Å²) in [6, 6.07) is 6.96. The van der Waals surface area contributed by atoms with E-state index in [1.54, 1.807) is 0 Å². The van der Waals surface area contributed by atoms with Crippen molar-refractivity contribution in [2.24, 2.45) is 11.1 Å². The predicted molar refractivity (Wildman–Crippen MR) is 86.9 cm³/mol. The molecule has 112 valence electrons. The lowest BCUT2D eigenvalue weighted by atomic mass is 9.77. The summed E-state index contributed by atoms with van der Waals surface area (Å²) >= 11 is 0. The Morgan fingerprint density at radius 2 is 1.75 bits per heavy atom. The first-order valence-electron chi connectivity index (χ1n) is 8.01. The number of hydrogen-bond acceptors (Lipinski definition) is 2. The number of aryl methyl sites for hydroxylation is 2. The lowest BCUT2D eigenvalue weighted by Gasteiger charge is -2.43. The van der Waals surface area contributed by atoms with Crippen molar-refractivity contribution in [2.45, 2.75) is 53.0 Å². The highest BCUT2D eigenvalue weighted by molar-refractivity contribution is 5.36. The molecule has 1 saturated heterocycles. The van der Waals surface area contributed by atoms with Gasteiger partial charge in [0.25, 0.3) is 0 Å². The maximum atomic E-state index is 6.13. The zero-order valence-electron chi connectivity index (χ0n) is 13.6. The van der Waals surface area contributed by atoms with Gasteiger partial charge in [-0.2, -0.15) is 0 Å². The zero-order chi connectivity index (χ0) is 14.8. The van der Waals surface area contributed by atoms with Crippen molar-refractivity contribution in [1.82, 2.24) is 4.90 Å². The maximum Gasteiger partial charge on any atom is 0.0475 e. The summed E-state index contributed by atoms with van der Waals surface area (Å²) in [5, 5.41) is 0. The minimum Gasteiger partial charge on any atom is -0.329 e. The Bertz CT molecular complexity index is 424. The van der Waals surface area contributed by atoms with Crippen LogP contribution in [0.4, 0.5) is 0 Å². The fourth-order valence-corrected chi connectivity index (χ4v) is 3.53. The number of likely N-dealkylation sites (tertiary alicyclic amines) is 1. The molecule has 1 aromatic carbocycles. The van der Waals surface area contributed by atoms with Gasteiger partial charge < -0.3 is 5.73 Å². The highest BCUT2D eigenvalue weighted by Gasteiger charge is 2.32. The molecular formula is C18H30N2. The molecule has 2 heteroatoms. The molecule has 1 unspecified atom stereocenters. The summed E-state index contributed by atoms with van der Waals surface area (Å²) in [4.78, 5) is 2.60. The summed E-state index contributed by atoms with van der Waals surface area (Å²) in [6.07, 6.45) is 3.88. The van der Waals surface area contributed by atoms with Gasteiger partial charge in [-0.25, -0.2) is 0 Å². The molecule has 0 spiro atoms. The molecule has 2 nitrogen and oxygen atoms in total. The van der Waals surface area contributed by atoms with E-state index in [0.29, 0.717) is 18.0 Å². The van der Waals surface area contributed by atoms with Crippen molar-refractivity contribution in [3.05, 3.63) is 34.9 Å². The van der Waals surface area contributed by atoms with Gasteiger partial charge in [0.1, 0.15) is 0 Å². The number of nitrogens with zero attached hydrogens (tertiary/aromatic N) is 1. The van der Waals surface area contributed by atoms with Gasteiger partial charge in [0.2, 0.25) is 0 Å². The Labute approximate surface area is 124 Å². The smallest absolute Gasteiger partial charge is 0.0475 e. The van der Waals surface area contributed by atoms with E-state index >= 15 is 0 Å². The lowest BCUT2D eigenvalue weighted by molar-refractivity contribution is 0.0825. The van der Waals surface area contributed by atoms with E-state index in [2.05, 4.69) is 50.8 Å². The van der Waals surface area contributed by atoms with Gasteiger partial charge in [-0.3, -0.25) is 4.90 Å². The van der Waals surface area contributed by atoms with Crippen molar-refractivity contribution >= 4 is 0 Å². The maximum absolute atomic E-state index is 6.13. The van der Waals surface area contributed by atoms with Crippen LogP contribution in [-0.2, 0) is 0 Å². The normalized spacial score (nSPS) is 20.9. The summed E-state index contributed by atoms with van der Waals surface area (Å²) in [5.74, 6) is 0. The largest absolute Gasteiger partial charge is 0.329 e. The number of piperidine rings is 1. The van der Waals surface area contributed by atoms with Gasteiger partial charge in [0.05, 0.1) is 0 Å². The minimum atomic E-state index is 0.387. The van der Waals surface area contributed by atoms with Crippen molar-refractivity contribution in [2.75, 3.05) is 19.6 Å². The molecule has 0 amide bonds. The Kier molecular flexibility index (Phi) is 4.87. The molecule has 2 rings (SSSR count). The number of benzene rings is 1. The molecule has 0 aliphatic carbocycles. The number of hydrogen-bond donors (Lipinski definition) is 1. The van der Waals surface area contributed by atoms with Crippen LogP contribution in [0.3, 0.4) is 0 Å². The van der Waals surface area contributed by atoms with Crippen molar-refractivity contribution < 1.29 is 0 Å². The molecule has 0 saturated carbocycles. The first-order valence-corrected chi connectivity index (χ1v) is 8.01. The Balaban J connectivity index is 2.18. The average Bonchev–Trinajstić information content (AvgIpc) is 2.44. The van der Waals surface area contributed by atoms with Crippen LogP contribution >= 0.6 is 0 Å². The van der Waals surface area contributed by atoms with E-state index in [1.165, 1.54) is 49.0 Å². The molecule has 1 fully saturated rings. The minimum absolute atomic E-state index is 0.387. The van der Waals surface area contributed by atoms with Gasteiger partial charge in [0.15, 0.2) is 0 Å². The predicted octanol–water partition coefficient (Wildman–Crippen LogP) is 3.82. The molecule has 0 aromatic heterocycles. The molecule has 1 aromatic rings. The molecular weight excluding hydrogens is 244 g/mol. The molecule has 1 aliphatic rings. The van der Waals surface area contributed by atoms with E-state index < -0.39 is 0 Å². The second-order valence-electron chi connectivity index (χ2n) is 6.76. The summed E-state index contributed by atoms with van der Waals surface area (Å²) in [7, 11) is 0. The highest BCUT2D eigenvalue weighted by atomic mass is 15.2. The van der Waals surface area contributed by atoms with Crippen LogP contribution in [0.15, 0.2) is 18.2 Å². The lowest BCUT2D eigenvalue weighted by Crippen LogP contribution is -2.43. The fourth-order valence-electron chi connectivity index (χ4n) is 3.53. The molecule has 0 radical (unpaired) electrons. The molecule has 1 atom stereocenters. The van der Waals surface area contributed by atoms with Crippen molar-refractivity contribution in [1.29, 1.82) is 0 Å². The van der Waals surface area contributed by atoms with Gasteiger partial charge in [-0.1, -0.05) is 38.5 Å². The third-order valence-corrected chi connectivity index (χ3v) is 5.40. The third kappa shape index (κ3) is 3.07. The summed E-state index contributed by atoms with van der Waals surface area (Å²) in [5.41, 5.74) is 10.9. The molecule has 0 bridgehead atoms. The molecule has 20 heavy (non-hydrogen) atoms. The first-order chi connectivity index (χ1) is 9.50. The molecule has 1 aliphatic heterocycles. The second kappa shape index (κ2) is 6.28. The van der Waals surface area contributed by atoms with Gasteiger partial charge in [0, 0.05) is 12.6 Å². The first kappa shape index (κ1) is 15.5. The second-order valence-corrected chi connectivity index (χ2v) is 6.76. The van der Waals surface area contributed by atoms with Crippen molar-refractivity contribution in [3.63, 3.8) is 0 Å². The topological polar surface area (TPSA) is 29.3 Å². The van der Waals surface area contributed by atoms with E-state index in [9.17, 15) is 0 Å². The van der Waals surface area contributed by atoms with Crippen LogP contribution in [-0.4, -0.2) is 24.5 Å². The number of nitrogens with two attached hydrogens (primary N) is 1. The van der Waals surface area contributed by atoms with Crippen LogP contribution in [0.1, 0.15) is 55.8 Å². The Morgan fingerprint density at radius 3 is 2.20 bits per heavy atom. The van der Waals surface area contributed by atoms with Crippen LogP contribution < -0.4 is 5.73 Å². The number of rotatable bonds is 4. The van der Waals surface area contributed by atoms with E-state index in [1.807, 2.05) is 0 Å². The fraction of sp³-hybridized carbons (Fsp3) is 0.667. The zero-order valence-corrected chi connectivity index (χ0v) is 13.6. The van der Waals surface area contributed by atoms with Crippen molar-refractivity contribution in [3.8, 4) is 0 Å². The van der Waals surface area contributed by atoms with Gasteiger partial charge >= 0.3 is 0 Å². The van der Waals surface area contributed by atoms with E-state index in [0.717, 1.165) is 0 Å². The quantitative estimate of drug-likeness (QED) is 0.904. The van der Waals surface area contributed by atoms with Crippen LogP contribution in [0.5, 0.6) is 0 Å². The Hall–Kier alpha value is -0.860. The molecule has 1 heterocycles. The summed E-state index contributed by atoms with van der Waals surface area (Å²) in [6.45, 7) is 12.3. The average molecular weight is 274 g/mol. The van der Waals surface area contributed by atoms with Crippen LogP contribution in [0.2, 0.25) is 0 Å². The van der Waals surface area contributed by atoms with E-state index in [4.69, 9.17) is 5.73 Å².